The first kappa shape index (κ1) is 37.5. The Kier molecular flexibility index (Phi) is 13.8. The molecule has 0 saturated carbocycles. The van der Waals surface area contributed by atoms with E-state index in [9.17, 15) is 22.8 Å². The van der Waals surface area contributed by atoms with Crippen molar-refractivity contribution in [2.24, 2.45) is 5.92 Å². The third kappa shape index (κ3) is 13.9. The lowest BCUT2D eigenvalue weighted by molar-refractivity contribution is 0.0402. The number of carbonyl (C=O) groups excluding carboxylic acids is 3. The van der Waals surface area contributed by atoms with Crippen LogP contribution >= 0.6 is 0 Å². The molecule has 0 saturated heterocycles. The fourth-order valence-corrected chi connectivity index (χ4v) is 5.93. The van der Waals surface area contributed by atoms with Crippen molar-refractivity contribution in [2.45, 2.75) is 96.8 Å². The van der Waals surface area contributed by atoms with Crippen LogP contribution < -0.4 is 10.6 Å². The zero-order valence-corrected chi connectivity index (χ0v) is 28.4. The van der Waals surface area contributed by atoms with Crippen LogP contribution in [0.3, 0.4) is 0 Å². The molecule has 250 valence electrons. The lowest BCUT2D eigenvalue weighted by atomic mass is 10.1. The Morgan fingerprint density at radius 1 is 0.911 bits per heavy atom. The summed E-state index contributed by atoms with van der Waals surface area (Å²) in [5.41, 5.74) is -0.683. The molecule has 2 N–H and O–H groups in total. The maximum Gasteiger partial charge on any atom is 0.412 e. The average Bonchev–Trinajstić information content (AvgIpc) is 2.91. The van der Waals surface area contributed by atoms with E-state index in [1.807, 2.05) is 13.8 Å². The smallest absolute Gasteiger partial charge is 0.412 e. The molecule has 0 unspecified atom stereocenters. The van der Waals surface area contributed by atoms with Crippen molar-refractivity contribution < 1.29 is 37.0 Å². The summed E-state index contributed by atoms with van der Waals surface area (Å²) in [5.74, 6) is -0.655. The van der Waals surface area contributed by atoms with Gasteiger partial charge in [-0.05, 0) is 103 Å². The van der Waals surface area contributed by atoms with E-state index in [1.165, 1.54) is 41.0 Å². The number of carbonyl (C=O) groups is 3. The minimum atomic E-state index is -4.06. The van der Waals surface area contributed by atoms with Gasteiger partial charge in [-0.1, -0.05) is 13.8 Å². The van der Waals surface area contributed by atoms with Crippen LogP contribution in [-0.2, 0) is 24.2 Å². The molecular weight excluding hydrogens is 600 g/mol. The van der Waals surface area contributed by atoms with Crippen molar-refractivity contribution >= 4 is 33.9 Å². The molecule has 1 heterocycles. The highest BCUT2D eigenvalue weighted by Crippen LogP contribution is 2.25. The Hall–Kier alpha value is -3.71. The molecule has 0 radical (unpaired) electrons. The number of nitrogens with one attached hydrogen (secondary N) is 2. The van der Waals surface area contributed by atoms with E-state index in [4.69, 9.17) is 14.2 Å². The van der Waals surface area contributed by atoms with Gasteiger partial charge in [-0.3, -0.25) is 10.3 Å². The molecule has 0 fully saturated rings. The molecule has 0 aliphatic rings. The first-order valence-corrected chi connectivity index (χ1v) is 16.5. The predicted octanol–water partition coefficient (Wildman–Crippen LogP) is 6.00. The quantitative estimate of drug-likeness (QED) is 0.143. The van der Waals surface area contributed by atoms with Crippen LogP contribution in [0.5, 0.6) is 0 Å². The number of unbranched alkanes of at least 4 members (excludes halogenated alkanes) is 1. The normalized spacial score (nSPS) is 12.8. The molecule has 13 heteroatoms. The van der Waals surface area contributed by atoms with Gasteiger partial charge in [0.2, 0.25) is 10.0 Å². The van der Waals surface area contributed by atoms with Crippen LogP contribution in [0.1, 0.15) is 85.0 Å². The second-order valence-corrected chi connectivity index (χ2v) is 14.9. The molecule has 0 spiro atoms. The first-order valence-electron chi connectivity index (χ1n) is 15.0. The molecule has 1 atom stereocenters. The number of rotatable bonds is 14. The van der Waals surface area contributed by atoms with Gasteiger partial charge in [-0.2, -0.15) is 4.31 Å². The summed E-state index contributed by atoms with van der Waals surface area (Å²) < 4.78 is 45.6. The Morgan fingerprint density at radius 2 is 1.53 bits per heavy atom. The van der Waals surface area contributed by atoms with Gasteiger partial charge < -0.3 is 19.5 Å². The van der Waals surface area contributed by atoms with E-state index in [2.05, 4.69) is 15.6 Å². The highest BCUT2D eigenvalue weighted by molar-refractivity contribution is 7.89. The number of anilines is 1. The second kappa shape index (κ2) is 16.6. The van der Waals surface area contributed by atoms with Crippen molar-refractivity contribution in [2.75, 3.05) is 25.0 Å². The van der Waals surface area contributed by atoms with Gasteiger partial charge in [0, 0.05) is 31.2 Å². The number of aromatic nitrogens is 1. The lowest BCUT2D eigenvalue weighted by Gasteiger charge is -2.32. The highest BCUT2D eigenvalue weighted by Gasteiger charge is 2.33. The zero-order chi connectivity index (χ0) is 33.8. The zero-order valence-electron chi connectivity index (χ0n) is 27.6. The van der Waals surface area contributed by atoms with Crippen LogP contribution in [0.25, 0.3) is 0 Å². The van der Waals surface area contributed by atoms with Crippen molar-refractivity contribution in [1.29, 1.82) is 0 Å². The maximum absolute atomic E-state index is 14.0. The monoisotopic (exact) mass is 648 g/mol. The van der Waals surface area contributed by atoms with Gasteiger partial charge in [-0.25, -0.2) is 22.8 Å². The summed E-state index contributed by atoms with van der Waals surface area (Å²) in [5, 5.41) is 5.31. The van der Waals surface area contributed by atoms with Gasteiger partial charge in [0.1, 0.15) is 17.8 Å². The Morgan fingerprint density at radius 3 is 2.09 bits per heavy atom. The topological polar surface area (TPSA) is 153 Å². The predicted molar refractivity (Wildman–Crippen MR) is 171 cm³/mol. The Bertz CT molecular complexity index is 1350. The summed E-state index contributed by atoms with van der Waals surface area (Å²) in [6, 6.07) is 8.30. The summed E-state index contributed by atoms with van der Waals surface area (Å²) in [6.07, 6.45) is 3.18. The summed E-state index contributed by atoms with van der Waals surface area (Å²) in [7, 11) is -4.06. The third-order valence-corrected chi connectivity index (χ3v) is 7.93. The van der Waals surface area contributed by atoms with E-state index in [0.29, 0.717) is 31.5 Å². The van der Waals surface area contributed by atoms with Crippen LogP contribution in [0.15, 0.2) is 53.7 Å². The van der Waals surface area contributed by atoms with E-state index in [1.54, 1.807) is 53.7 Å². The molecule has 2 amide bonds. The molecule has 2 rings (SSSR count). The number of benzene rings is 1. The number of hydrogen-bond donors (Lipinski definition) is 2. The molecular formula is C32H48N4O8S. The average molecular weight is 649 g/mol. The molecule has 1 aromatic heterocycles. The molecule has 12 nitrogen and oxygen atoms in total. The number of pyridine rings is 1. The molecule has 2 aromatic rings. The van der Waals surface area contributed by atoms with Crippen molar-refractivity contribution in [1.82, 2.24) is 14.6 Å². The summed E-state index contributed by atoms with van der Waals surface area (Å²) in [6.45, 7) is 14.7. The summed E-state index contributed by atoms with van der Waals surface area (Å²) in [4.78, 5) is 40.9. The SMILES string of the molecule is CC(C)CN([C@@H](CCCCNC(=O)OC(C)(C)C)COC(=O)c1cccnc1)S(=O)(=O)c1ccc(NC(=O)OC(C)(C)C)cc1. The Balaban J connectivity index is 2.25. The highest BCUT2D eigenvalue weighted by atomic mass is 32.2. The van der Waals surface area contributed by atoms with E-state index < -0.39 is 45.4 Å². The number of nitrogens with zero attached hydrogens (tertiary/aromatic N) is 2. The largest absolute Gasteiger partial charge is 0.460 e. The Labute approximate surface area is 267 Å². The second-order valence-electron chi connectivity index (χ2n) is 13.0. The lowest BCUT2D eigenvalue weighted by Crippen LogP contribution is -2.45. The van der Waals surface area contributed by atoms with E-state index in [-0.39, 0.29) is 29.5 Å². The van der Waals surface area contributed by atoms with Gasteiger partial charge in [0.15, 0.2) is 0 Å². The number of sulfonamides is 1. The number of ether oxygens (including phenoxy) is 3. The molecule has 0 aliphatic heterocycles. The van der Waals surface area contributed by atoms with Gasteiger partial charge in [0.25, 0.3) is 0 Å². The van der Waals surface area contributed by atoms with Crippen LogP contribution in [0.2, 0.25) is 0 Å². The maximum atomic E-state index is 14.0. The van der Waals surface area contributed by atoms with Crippen LogP contribution in [0, 0.1) is 5.92 Å². The third-order valence-electron chi connectivity index (χ3n) is 5.99. The van der Waals surface area contributed by atoms with Crippen molar-refractivity contribution in [3.8, 4) is 0 Å². The van der Waals surface area contributed by atoms with Gasteiger partial charge >= 0.3 is 18.2 Å². The van der Waals surface area contributed by atoms with Crippen molar-refractivity contribution in [3.63, 3.8) is 0 Å². The van der Waals surface area contributed by atoms with Crippen molar-refractivity contribution in [3.05, 3.63) is 54.4 Å². The fraction of sp³-hybridized carbons (Fsp3) is 0.562. The standard InChI is InChI=1S/C32H48N4O8S/c1-23(2)21-36(45(40,41)27-16-14-25(15-17-27)35-30(39)44-32(6,7)8)26(22-42-28(37)24-12-11-18-33-20-24)13-9-10-19-34-29(38)43-31(3,4)5/h11-12,14-18,20,23,26H,9-10,13,19,21-22H2,1-8H3,(H,34,38)(H,35,39)/t26-/m0/s1. The minimum Gasteiger partial charge on any atom is -0.460 e. The number of alkyl carbamates (subject to hydrolysis) is 1. The summed E-state index contributed by atoms with van der Waals surface area (Å²) >= 11 is 0. The molecule has 45 heavy (non-hydrogen) atoms. The fourth-order valence-electron chi connectivity index (χ4n) is 4.13. The van der Waals surface area contributed by atoms with Crippen LogP contribution in [-0.4, -0.2) is 72.8 Å². The molecule has 1 aromatic carbocycles. The number of esters is 1. The number of amides is 2. The number of hydrogen-bond acceptors (Lipinski definition) is 9. The molecule has 0 aliphatic carbocycles. The van der Waals surface area contributed by atoms with Gasteiger partial charge in [-0.15, -0.1) is 0 Å². The molecule has 0 bridgehead atoms. The van der Waals surface area contributed by atoms with E-state index >= 15 is 0 Å². The first-order chi connectivity index (χ1) is 20.9. The van der Waals surface area contributed by atoms with Gasteiger partial charge in [0.05, 0.1) is 16.5 Å². The van der Waals surface area contributed by atoms with E-state index in [0.717, 1.165) is 0 Å². The van der Waals surface area contributed by atoms with Crippen LogP contribution in [0.4, 0.5) is 15.3 Å². The minimum absolute atomic E-state index is 0.0214.